The van der Waals surface area contributed by atoms with Crippen LogP contribution < -0.4 is 49.6 Å². The van der Waals surface area contributed by atoms with Gasteiger partial charge in [-0.25, -0.2) is 19.5 Å². The Kier molecular flexibility index (Phi) is 29.4. The number of thiocarbonyl (C=S) groups is 1. The number of aliphatic imine (C=N–C) groups is 1. The molecule has 12 fully saturated rings. The number of ether oxygens (including phenoxy) is 4. The minimum atomic E-state index is -1.06. The van der Waals surface area contributed by atoms with Crippen LogP contribution in [0, 0.1) is 29.9 Å². The monoisotopic (exact) mass is 2190 g/mol. The van der Waals surface area contributed by atoms with Crippen LogP contribution in [-0.2, 0) is 100 Å². The Balaban J connectivity index is 0.000000118. The molecule has 4 atom stereocenters. The summed E-state index contributed by atoms with van der Waals surface area (Å²) in [7, 11) is 14.6. The molecule has 31 nitrogen and oxygen atoms in total. The van der Waals surface area contributed by atoms with E-state index in [-0.39, 0.29) is 104 Å². The maximum atomic E-state index is 13.9. The van der Waals surface area contributed by atoms with Crippen LogP contribution in [0.25, 0.3) is 33.4 Å². The molecule has 8 N–H and O–H groups in total. The number of fused-ring (bicyclic) bond motifs is 12. The summed E-state index contributed by atoms with van der Waals surface area (Å²) in [6.07, 6.45) is 35.0. The number of imide groups is 2. The highest BCUT2D eigenvalue weighted by Crippen LogP contribution is 2.66. The van der Waals surface area contributed by atoms with Crippen molar-refractivity contribution in [3.05, 3.63) is 230 Å². The number of guanidine groups is 1. The van der Waals surface area contributed by atoms with Crippen LogP contribution in [0.3, 0.4) is 0 Å². The predicted molar refractivity (Wildman–Crippen MR) is 589 cm³/mol. The molecule has 4 aromatic heterocycles. The second-order valence-electron chi connectivity index (χ2n) is 46.6. The van der Waals surface area contributed by atoms with E-state index >= 15 is 0 Å². The average molecular weight is 2200 g/mol. The normalized spacial score (nSPS) is 29.6. The molecule has 5 aliphatic heterocycles. The molecule has 8 aromatic rings. The van der Waals surface area contributed by atoms with E-state index in [9.17, 15) is 43.2 Å². The number of urea groups is 2. The Morgan fingerprint density at radius 1 is 0.400 bits per heavy atom. The number of carbonyl (C=O) groups is 6. The zero-order chi connectivity index (χ0) is 107. The van der Waals surface area contributed by atoms with Gasteiger partial charge < -0.3 is 73.9 Å². The number of nitrogens with zero attached hydrogens (tertiary/aromatic N) is 9. The van der Waals surface area contributed by atoms with Crippen molar-refractivity contribution in [1.82, 2.24) is 53.8 Å². The van der Waals surface area contributed by atoms with Crippen LogP contribution in [-0.4, -0.2) is 202 Å². The Hall–Kier alpha value is -10.3. The second-order valence-corrected chi connectivity index (χ2v) is 48.6. The van der Waals surface area contributed by atoms with Gasteiger partial charge in [-0.2, -0.15) is 0 Å². The van der Waals surface area contributed by atoms with Crippen molar-refractivity contribution in [2.75, 3.05) is 63.7 Å². The number of hydrogen-bond donors (Lipinski definition) is 6. The fourth-order valence-electron chi connectivity index (χ4n) is 26.6. The van der Waals surface area contributed by atoms with Crippen LogP contribution >= 0.6 is 47.0 Å². The van der Waals surface area contributed by atoms with Crippen molar-refractivity contribution < 1.29 is 67.2 Å². The standard InChI is InChI=1S/C26H30N4O3.C26H29N3O4.C26H29N3O2S2.C24H33BN2O5.C8H8INO.C4H10O2.CH5N/c1-29-23(32)26(28-24(29)27)21-13-16(17-9-12-30(19-5-6-19)22(31)14-17)3-4-18(21)15-25(26)10-7-20(33-2)8-11-25;1-28-23(31)26(27-24(28)32)21-13-16(17-9-12-29(19-5-6-19)22(30)14-17)3-4-18(21)15-25(26)10-7-20(33-2)8-11-25;1-28-23(30)26(27-24(28)33)21-13-16(17-9-12-29(19-5-6-19)22(32)14-17)3-4-18(21)15-25(26)10-7-20(31-2)8-11-25;1-21(2)22(3,4)32-25(31-21)16-8-7-15-14-23(11-9-17(30-6)10-12-23)24(18(15)13-16)19(28)27(5)20(29)26-24;9-6-3-4-10(7-1-2-7)8(11)5-6;1-4(2,3)6-5;1-2/h3-4,9,12-14,19-20H,5-8,10-11,15H2,1-2H3,(H2,27,28);3-4,9,12-14,19-20H,5-8,10-11,15H2,1-2H3,(H,27,32);3-4,9,12-14,19-20H,5-8,10-11,15H2,1-2H3,(H,27,33);7-8,13,17H,9-12,14H2,1-6H3,(H,26,29);3-5,7H,1-2H2;5H,1-3H3;2H2,1H3. The minimum Gasteiger partial charge on any atom is -0.399 e. The summed E-state index contributed by atoms with van der Waals surface area (Å²) in [5.74, 6) is -0.0380. The smallest absolute Gasteiger partial charge is 0.399 e. The maximum absolute atomic E-state index is 13.9. The first kappa shape index (κ1) is 108. The van der Waals surface area contributed by atoms with Crippen LogP contribution in [0.5, 0.6) is 0 Å². The molecule has 4 unspecified atom stereocenters. The highest BCUT2D eigenvalue weighted by Gasteiger charge is 2.72. The lowest BCUT2D eigenvalue weighted by Crippen LogP contribution is -2.57. The van der Waals surface area contributed by atoms with Gasteiger partial charge in [0.15, 0.2) is 33.2 Å². The van der Waals surface area contributed by atoms with E-state index in [1.165, 1.54) is 53.0 Å². The third kappa shape index (κ3) is 18.6. The summed E-state index contributed by atoms with van der Waals surface area (Å²) >= 11 is 13.4. The topological polar surface area (TPSA) is 372 Å². The Morgan fingerprint density at radius 2 is 0.713 bits per heavy atom. The number of carbonyl (C=O) groups excluding carboxylic acids is 6. The summed E-state index contributed by atoms with van der Waals surface area (Å²) in [6.45, 7) is 13.4. The predicted octanol–water partition coefficient (Wildman–Crippen LogP) is 16.3. The molecular formula is C115H144BIN14O17S2. The van der Waals surface area contributed by atoms with Gasteiger partial charge in [0, 0.05) is 149 Å². The van der Waals surface area contributed by atoms with E-state index in [2.05, 4.69) is 121 Å². The number of pyridine rings is 4. The molecule has 12 aliphatic carbocycles. The van der Waals surface area contributed by atoms with Crippen LogP contribution in [0.15, 0.2) is 165 Å². The molecule has 4 saturated heterocycles. The fourth-order valence-corrected chi connectivity index (χ4v) is 27.6. The number of hydrogen-bond acceptors (Lipinski definition) is 22. The summed E-state index contributed by atoms with van der Waals surface area (Å²) in [6, 6.07) is 41.5. The van der Waals surface area contributed by atoms with Gasteiger partial charge in [0.2, 0.25) is 0 Å². The molecule has 8 spiro atoms. The summed E-state index contributed by atoms with van der Waals surface area (Å²) < 4.78 is 44.6. The van der Waals surface area contributed by atoms with Gasteiger partial charge in [-0.05, 0) is 402 Å². The summed E-state index contributed by atoms with van der Waals surface area (Å²) in [5, 5.41) is 18.2. The molecular weight excluding hydrogens is 2050 g/mol. The number of benzene rings is 4. The molecule has 150 heavy (non-hydrogen) atoms. The van der Waals surface area contributed by atoms with Crippen molar-refractivity contribution >= 4 is 106 Å². The summed E-state index contributed by atoms with van der Waals surface area (Å²) in [5.41, 5.74) is 19.5. The van der Waals surface area contributed by atoms with Crippen molar-refractivity contribution in [2.24, 2.45) is 38.1 Å². The van der Waals surface area contributed by atoms with E-state index in [0.717, 1.165) is 240 Å². The van der Waals surface area contributed by atoms with E-state index in [1.54, 1.807) is 105 Å². The van der Waals surface area contributed by atoms with Crippen LogP contribution in [0.4, 0.5) is 9.59 Å². The zero-order valence-corrected chi connectivity index (χ0v) is 93.0. The first-order valence-corrected chi connectivity index (χ1v) is 55.2. The average Bonchev–Trinajstić information content (AvgIpc) is 1.53. The first-order valence-electron chi connectivity index (χ1n) is 53.4. The third-order valence-corrected chi connectivity index (χ3v) is 37.8. The van der Waals surface area contributed by atoms with Crippen molar-refractivity contribution in [1.29, 1.82) is 0 Å². The highest BCUT2D eigenvalue weighted by molar-refractivity contribution is 14.1. The lowest BCUT2D eigenvalue weighted by atomic mass is 9.61. The Labute approximate surface area is 902 Å². The summed E-state index contributed by atoms with van der Waals surface area (Å²) in [4.78, 5) is 132. The van der Waals surface area contributed by atoms with Crippen molar-refractivity contribution in [3.8, 4) is 33.4 Å². The highest BCUT2D eigenvalue weighted by atomic mass is 127. The quantitative estimate of drug-likeness (QED) is 0.0165. The largest absolute Gasteiger partial charge is 0.494 e. The number of methoxy groups -OCH3 is 4. The first-order chi connectivity index (χ1) is 71.4. The van der Waals surface area contributed by atoms with Crippen molar-refractivity contribution in [3.63, 3.8) is 0 Å². The SMILES string of the molecule is CC(C)(C)OO.CN.COC1CCC2(CC1)Cc1ccc(-c3ccn(C4CC4)c(=O)c3)cc1C21N=C(N)N(C)C1=O.COC1CCC2(CC1)Cc1ccc(-c3ccn(C4CC4)c(=O)c3)cc1C21NC(=O)N(C)C1=O.COC1CCC2(CC1)Cc1ccc(-c3ccn(C4CC4)c(=S)c3)cc1C21NC(=S)N(C)C1=O.COC1CCC2(CC1)Cc1ccc(B3OC(C)(C)C(C)(C)O3)cc1C21NC(=O)N(C)C1=O.O=c1cc(I)ccn1C1CC1. The number of rotatable bonds is 12. The van der Waals surface area contributed by atoms with Gasteiger partial charge in [-0.1, -0.05) is 66.8 Å². The Bertz CT molecular complexity index is 6740. The molecule has 798 valence electrons. The molecule has 35 heteroatoms. The number of likely N-dealkylation sites (N-methyl/N-ethyl adjacent to an activating group) is 4. The van der Waals surface area contributed by atoms with Gasteiger partial charge in [0.05, 0.1) is 41.2 Å². The molecule has 25 rings (SSSR count). The molecule has 4 aromatic carbocycles. The number of nitrogens with two attached hydrogens (primary N) is 2. The van der Waals surface area contributed by atoms with E-state index < -0.39 is 46.1 Å². The maximum Gasteiger partial charge on any atom is 0.494 e. The molecule has 8 amide bonds. The lowest BCUT2D eigenvalue weighted by molar-refractivity contribution is -0.306. The molecule has 9 heterocycles. The second kappa shape index (κ2) is 40.9. The third-order valence-electron chi connectivity index (χ3n) is 36.5. The number of halogens is 1. The molecule has 8 saturated carbocycles. The van der Waals surface area contributed by atoms with E-state index in [4.69, 9.17) is 68.7 Å². The Morgan fingerprint density at radius 3 is 1.04 bits per heavy atom. The minimum absolute atomic E-state index is 0.00421. The van der Waals surface area contributed by atoms with Crippen LogP contribution in [0.1, 0.15) is 271 Å². The molecule has 0 bridgehead atoms. The molecule has 0 radical (unpaired) electrons. The van der Waals surface area contributed by atoms with Gasteiger partial charge in [-0.15, -0.1) is 0 Å². The number of aromatic nitrogens is 4. The fraction of sp³-hybridized carbons (Fsp3) is 0.548. The molecule has 17 aliphatic rings. The van der Waals surface area contributed by atoms with Gasteiger partial charge in [0.1, 0.15) is 4.64 Å². The number of nitrogens with one attached hydrogen (secondary N) is 3. The van der Waals surface area contributed by atoms with Crippen LogP contribution in [0.2, 0.25) is 0 Å². The van der Waals surface area contributed by atoms with Gasteiger partial charge in [-0.3, -0.25) is 58.4 Å². The van der Waals surface area contributed by atoms with E-state index in [0.29, 0.717) is 29.3 Å². The van der Waals surface area contributed by atoms with E-state index in [1.807, 2.05) is 97.9 Å². The zero-order valence-electron chi connectivity index (χ0n) is 89.2. The lowest BCUT2D eigenvalue weighted by Gasteiger charge is -2.46. The number of amides is 8. The van der Waals surface area contributed by atoms with Crippen molar-refractivity contribution in [2.45, 2.75) is 316 Å². The van der Waals surface area contributed by atoms with Gasteiger partial charge in [0.25, 0.3) is 40.3 Å². The van der Waals surface area contributed by atoms with Gasteiger partial charge >= 0.3 is 19.2 Å².